The highest BCUT2D eigenvalue weighted by molar-refractivity contribution is 6.35. The largest absolute Gasteiger partial charge is 0.396 e. The molecule has 0 amide bonds. The van der Waals surface area contributed by atoms with Crippen molar-refractivity contribution in [1.29, 1.82) is 5.26 Å². The van der Waals surface area contributed by atoms with Crippen LogP contribution < -0.4 is 4.90 Å². The Morgan fingerprint density at radius 2 is 2.03 bits per heavy atom. The molecule has 2 unspecified atom stereocenters. The minimum absolute atomic E-state index is 0.231. The molecule has 8 nitrogen and oxygen atoms in total. The monoisotopic (exact) mass is 543 g/mol. The van der Waals surface area contributed by atoms with Crippen LogP contribution in [-0.4, -0.2) is 68.6 Å². The second-order valence-electron chi connectivity index (χ2n) is 9.96. The number of benzene rings is 1. The van der Waals surface area contributed by atoms with E-state index in [1.165, 1.54) is 12.8 Å². The van der Waals surface area contributed by atoms with Crippen molar-refractivity contribution in [3.8, 4) is 6.07 Å². The molecule has 0 bridgehead atoms. The number of unbranched alkanes of at least 4 members (excludes halogenated alkanes) is 1. The second kappa shape index (κ2) is 12.4. The van der Waals surface area contributed by atoms with E-state index >= 15 is 0 Å². The molecule has 1 N–H and O–H groups in total. The van der Waals surface area contributed by atoms with Gasteiger partial charge < -0.3 is 14.9 Å². The third-order valence-corrected chi connectivity index (χ3v) is 7.91. The number of aliphatic hydroxyl groups excluding tert-OH is 1. The van der Waals surface area contributed by atoms with Crippen LogP contribution in [0.1, 0.15) is 63.8 Å². The van der Waals surface area contributed by atoms with Crippen LogP contribution in [0.25, 0.3) is 11.2 Å². The van der Waals surface area contributed by atoms with Gasteiger partial charge in [0.25, 0.3) is 0 Å². The highest BCUT2D eigenvalue weighted by Gasteiger charge is 2.30. The lowest BCUT2D eigenvalue weighted by atomic mass is 9.95. The first-order valence-corrected chi connectivity index (χ1v) is 13.8. The molecule has 3 heterocycles. The summed E-state index contributed by atoms with van der Waals surface area (Å²) < 4.78 is 1.73. The highest BCUT2D eigenvalue weighted by Crippen LogP contribution is 2.32. The molecule has 198 valence electrons. The van der Waals surface area contributed by atoms with Crippen molar-refractivity contribution < 1.29 is 5.11 Å². The van der Waals surface area contributed by atoms with Gasteiger partial charge in [-0.3, -0.25) is 0 Å². The summed E-state index contributed by atoms with van der Waals surface area (Å²) in [5.74, 6) is 1.38. The zero-order valence-corrected chi connectivity index (χ0v) is 23.3. The third kappa shape index (κ3) is 6.18. The topological polar surface area (TPSA) is 94.1 Å². The fourth-order valence-electron chi connectivity index (χ4n) is 4.94. The molecular weight excluding hydrogens is 509 g/mol. The molecule has 0 radical (unpaired) electrons. The van der Waals surface area contributed by atoms with Gasteiger partial charge in [0.1, 0.15) is 17.4 Å². The summed E-state index contributed by atoms with van der Waals surface area (Å²) in [7, 11) is 0. The first kappa shape index (κ1) is 27.6. The zero-order valence-electron chi connectivity index (χ0n) is 21.7. The van der Waals surface area contributed by atoms with E-state index in [1.54, 1.807) is 23.0 Å². The number of fused-ring (bicyclic) bond motifs is 1. The summed E-state index contributed by atoms with van der Waals surface area (Å²) >= 11 is 12.5. The smallest absolute Gasteiger partial charge is 0.190 e. The van der Waals surface area contributed by atoms with Crippen LogP contribution in [0.5, 0.6) is 0 Å². The molecule has 1 fully saturated rings. The molecule has 2 aromatic heterocycles. The quantitative estimate of drug-likeness (QED) is 0.330. The number of nitrogens with zero attached hydrogens (tertiary/aromatic N) is 7. The standard InChI is InChI=1S/C27H35Cl2N7O/c1-4-5-10-34(18(2)9-12-37)11-8-20-16-35(17-20)25-15-31-26-24(14-30)33-36(27(26)32-25)19(3)22-7-6-21(28)13-23(22)29/h6-7,13,15,18-20,37H,4-5,8-12,16-17H2,1-3H3. The van der Waals surface area contributed by atoms with Gasteiger partial charge in [-0.05, 0) is 69.8 Å². The van der Waals surface area contributed by atoms with Crippen molar-refractivity contribution in [2.75, 3.05) is 37.7 Å². The van der Waals surface area contributed by atoms with E-state index in [0.29, 0.717) is 33.2 Å². The van der Waals surface area contributed by atoms with E-state index in [1.807, 2.05) is 13.0 Å². The van der Waals surface area contributed by atoms with Crippen LogP contribution in [0.15, 0.2) is 24.4 Å². The molecule has 1 saturated heterocycles. The minimum Gasteiger partial charge on any atom is -0.396 e. The van der Waals surface area contributed by atoms with Crippen molar-refractivity contribution in [3.63, 3.8) is 0 Å². The van der Waals surface area contributed by atoms with E-state index in [-0.39, 0.29) is 18.3 Å². The number of hydrogen-bond donors (Lipinski definition) is 1. The predicted octanol–water partition coefficient (Wildman–Crippen LogP) is 5.31. The Kier molecular flexibility index (Phi) is 9.25. The molecule has 3 aromatic rings. The number of aromatic nitrogens is 4. The van der Waals surface area contributed by atoms with Gasteiger partial charge in [0.05, 0.1) is 12.2 Å². The van der Waals surface area contributed by atoms with Crippen molar-refractivity contribution >= 4 is 40.2 Å². The van der Waals surface area contributed by atoms with Crippen molar-refractivity contribution in [2.45, 2.75) is 58.5 Å². The maximum atomic E-state index is 9.63. The van der Waals surface area contributed by atoms with Crippen molar-refractivity contribution in [1.82, 2.24) is 24.6 Å². The number of halogens is 2. The molecule has 10 heteroatoms. The summed E-state index contributed by atoms with van der Waals surface area (Å²) in [4.78, 5) is 14.2. The Hall–Kier alpha value is -2.44. The number of aliphatic hydroxyl groups is 1. The van der Waals surface area contributed by atoms with Gasteiger partial charge in [-0.2, -0.15) is 10.4 Å². The van der Waals surface area contributed by atoms with Gasteiger partial charge in [-0.15, -0.1) is 0 Å². The van der Waals surface area contributed by atoms with Crippen LogP contribution in [0, 0.1) is 17.2 Å². The Morgan fingerprint density at radius 1 is 1.24 bits per heavy atom. The van der Waals surface area contributed by atoms with E-state index in [0.717, 1.165) is 50.4 Å². The average Bonchev–Trinajstić information content (AvgIpc) is 3.22. The molecule has 0 aliphatic carbocycles. The normalized spacial score (nSPS) is 15.7. The van der Waals surface area contributed by atoms with Crippen LogP contribution in [0.4, 0.5) is 5.82 Å². The molecule has 1 aromatic carbocycles. The Bertz CT molecular complexity index is 1250. The lowest BCUT2D eigenvalue weighted by molar-refractivity contribution is 0.153. The van der Waals surface area contributed by atoms with Gasteiger partial charge >= 0.3 is 0 Å². The maximum Gasteiger partial charge on any atom is 0.190 e. The second-order valence-corrected chi connectivity index (χ2v) is 10.8. The first-order valence-electron chi connectivity index (χ1n) is 13.1. The third-order valence-electron chi connectivity index (χ3n) is 7.35. The summed E-state index contributed by atoms with van der Waals surface area (Å²) in [6.07, 6.45) is 6.03. The van der Waals surface area contributed by atoms with Crippen molar-refractivity contribution in [2.24, 2.45) is 5.92 Å². The molecule has 0 spiro atoms. The molecule has 4 rings (SSSR count). The van der Waals surface area contributed by atoms with Crippen LogP contribution in [0.3, 0.4) is 0 Å². The molecule has 37 heavy (non-hydrogen) atoms. The van der Waals surface area contributed by atoms with Gasteiger partial charge in [0.2, 0.25) is 0 Å². The summed E-state index contributed by atoms with van der Waals surface area (Å²) in [6, 6.07) is 7.66. The average molecular weight is 545 g/mol. The molecular formula is C27H35Cl2N7O. The van der Waals surface area contributed by atoms with Crippen LogP contribution in [-0.2, 0) is 0 Å². The Morgan fingerprint density at radius 3 is 2.70 bits per heavy atom. The molecule has 1 aliphatic heterocycles. The summed E-state index contributed by atoms with van der Waals surface area (Å²) in [5.41, 5.74) is 2.15. The Labute approximate surface area is 228 Å². The van der Waals surface area contributed by atoms with E-state index in [4.69, 9.17) is 28.2 Å². The molecule has 0 saturated carbocycles. The number of nitriles is 1. The fourth-order valence-corrected chi connectivity index (χ4v) is 5.51. The molecule has 1 aliphatic rings. The number of rotatable bonds is 12. The summed E-state index contributed by atoms with van der Waals surface area (Å²) in [5, 5.41) is 24.6. The fraction of sp³-hybridized carbons (Fsp3) is 0.556. The summed E-state index contributed by atoms with van der Waals surface area (Å²) in [6.45, 7) is 10.6. The van der Waals surface area contributed by atoms with Crippen LogP contribution in [0.2, 0.25) is 10.0 Å². The van der Waals surface area contributed by atoms with E-state index in [2.05, 4.69) is 39.8 Å². The predicted molar refractivity (Wildman–Crippen MR) is 148 cm³/mol. The SMILES string of the molecule is CCCCN(CCC1CN(c2cnc3c(C#N)nn(C(C)c4ccc(Cl)cc4Cl)c3n2)C1)C(C)CCO. The number of hydrogen-bond acceptors (Lipinski definition) is 7. The van der Waals surface area contributed by atoms with Gasteiger partial charge in [0.15, 0.2) is 11.3 Å². The Balaban J connectivity index is 1.47. The molecule has 2 atom stereocenters. The van der Waals surface area contributed by atoms with Gasteiger partial charge in [-0.1, -0.05) is 42.6 Å². The zero-order chi connectivity index (χ0) is 26.5. The maximum absolute atomic E-state index is 9.63. The van der Waals surface area contributed by atoms with Gasteiger partial charge in [-0.25, -0.2) is 14.6 Å². The lowest BCUT2D eigenvalue weighted by Gasteiger charge is -2.41. The number of anilines is 1. The van der Waals surface area contributed by atoms with Crippen molar-refractivity contribution in [3.05, 3.63) is 45.7 Å². The van der Waals surface area contributed by atoms with E-state index in [9.17, 15) is 10.4 Å². The van der Waals surface area contributed by atoms with Gasteiger partial charge in [0, 0.05) is 35.8 Å². The van der Waals surface area contributed by atoms with Crippen LogP contribution >= 0.6 is 23.2 Å². The minimum atomic E-state index is -0.252. The van der Waals surface area contributed by atoms with E-state index < -0.39 is 0 Å². The first-order chi connectivity index (χ1) is 17.9. The lowest BCUT2D eigenvalue weighted by Crippen LogP contribution is -2.49. The highest BCUT2D eigenvalue weighted by atomic mass is 35.5.